The van der Waals surface area contributed by atoms with Crippen LogP contribution in [0.2, 0.25) is 10.0 Å². The van der Waals surface area contributed by atoms with Crippen molar-refractivity contribution in [3.63, 3.8) is 0 Å². The van der Waals surface area contributed by atoms with E-state index in [1.807, 2.05) is 30.3 Å². The van der Waals surface area contributed by atoms with E-state index >= 15 is 0 Å². The maximum Gasteiger partial charge on any atom is 0.416 e. The second kappa shape index (κ2) is 16.2. The predicted molar refractivity (Wildman–Crippen MR) is 199 cm³/mol. The van der Waals surface area contributed by atoms with Gasteiger partial charge in [0.2, 0.25) is 12.4 Å². The minimum atomic E-state index is -1.12. The van der Waals surface area contributed by atoms with Gasteiger partial charge < -0.3 is 19.3 Å². The molecule has 0 radical (unpaired) electrons. The van der Waals surface area contributed by atoms with Gasteiger partial charge in [0, 0.05) is 29.0 Å². The summed E-state index contributed by atoms with van der Waals surface area (Å²) in [6, 6.07) is 16.0. The van der Waals surface area contributed by atoms with E-state index in [0.717, 1.165) is 61.9 Å². The quantitative estimate of drug-likeness (QED) is 0.111. The highest BCUT2D eigenvalue weighted by Gasteiger charge is 2.38. The molecule has 5 heterocycles. The summed E-state index contributed by atoms with van der Waals surface area (Å²) in [6.45, 7) is 2.82. The molecule has 53 heavy (non-hydrogen) atoms. The van der Waals surface area contributed by atoms with Crippen LogP contribution < -0.4 is 19.1 Å². The average molecular weight is 763 g/mol. The van der Waals surface area contributed by atoms with Gasteiger partial charge in [-0.3, -0.25) is 15.0 Å². The molecule has 4 aliphatic rings. The second-order valence-electron chi connectivity index (χ2n) is 14.1. The van der Waals surface area contributed by atoms with Crippen LogP contribution in [-0.4, -0.2) is 71.2 Å². The summed E-state index contributed by atoms with van der Waals surface area (Å²) in [7, 11) is 1.59. The first-order valence-electron chi connectivity index (χ1n) is 18.1. The van der Waals surface area contributed by atoms with Crippen LogP contribution in [0.5, 0.6) is 11.5 Å². The van der Waals surface area contributed by atoms with Crippen LogP contribution in [0, 0.1) is 5.92 Å². The lowest BCUT2D eigenvalue weighted by atomic mass is 9.82. The number of amides is 1. The second-order valence-corrected chi connectivity index (χ2v) is 14.9. The Morgan fingerprint density at radius 1 is 1.00 bits per heavy atom. The predicted octanol–water partition coefficient (Wildman–Crippen LogP) is 7.55. The molecule has 3 aliphatic heterocycles. The van der Waals surface area contributed by atoms with Gasteiger partial charge >= 0.3 is 12.1 Å². The van der Waals surface area contributed by atoms with Crippen molar-refractivity contribution in [3.8, 4) is 11.5 Å². The Balaban J connectivity index is 1.29. The summed E-state index contributed by atoms with van der Waals surface area (Å²) in [4.78, 5) is 35.2. The number of nitrogens with zero attached hydrogens (tertiary/aromatic N) is 4. The number of benzene rings is 2. The van der Waals surface area contributed by atoms with E-state index in [1.165, 1.54) is 17.3 Å². The first kappa shape index (κ1) is 36.8. The summed E-state index contributed by atoms with van der Waals surface area (Å²) in [5.41, 5.74) is 2.49. The number of halogens is 2. The number of anilines is 1. The molecule has 2 N–H and O–H groups in total. The van der Waals surface area contributed by atoms with Crippen molar-refractivity contribution in [1.29, 1.82) is 0 Å². The number of fused-ring (bicyclic) bond motifs is 3. The minimum Gasteiger partial charge on any atom is -0.493 e. The lowest BCUT2D eigenvalue weighted by Gasteiger charge is -2.44. The van der Waals surface area contributed by atoms with Crippen molar-refractivity contribution in [3.05, 3.63) is 111 Å². The standard InChI is InChI=1S/C40H42Cl2N4O7/c1-51-35-12-10-27(19-36(35)52-28-6-2-3-7-28)30(20-32-33(41)22-45(50)23-34(32)42)31-18-25(9-11-29(31)39(47)48)21-46(38-8-4-5-15-43-38)40(49)53-37-24-44-16-13-26(37)14-17-44/h4-5,8-12,15,18-19,22-23,26,28,30,37H,2-3,6-7,13-14,16-17,20-21,24H2,1H3,(H-,47,48,50)/p+1/t30-,37+/m1/s1. The molecule has 0 spiro atoms. The zero-order chi connectivity index (χ0) is 37.1. The number of piperidine rings is 3. The normalized spacial score (nSPS) is 20.2. The molecule has 278 valence electrons. The van der Waals surface area contributed by atoms with Crippen molar-refractivity contribution in [2.45, 2.75) is 69.6 Å². The molecular weight excluding hydrogens is 719 g/mol. The summed E-state index contributed by atoms with van der Waals surface area (Å²) < 4.78 is 19.1. The number of pyridine rings is 2. The van der Waals surface area contributed by atoms with Crippen LogP contribution >= 0.6 is 23.2 Å². The fourth-order valence-electron chi connectivity index (χ4n) is 7.90. The van der Waals surface area contributed by atoms with Crippen LogP contribution in [0.4, 0.5) is 10.6 Å². The van der Waals surface area contributed by atoms with Gasteiger partial charge in [0.15, 0.2) is 11.5 Å². The molecular formula is C40H43Cl2N4O7+. The van der Waals surface area contributed by atoms with Gasteiger partial charge in [0.25, 0.3) is 0 Å². The molecule has 1 aliphatic carbocycles. The highest BCUT2D eigenvalue weighted by Crippen LogP contribution is 2.40. The first-order valence-corrected chi connectivity index (χ1v) is 18.8. The molecule has 2 aromatic heterocycles. The molecule has 0 unspecified atom stereocenters. The number of hydrogen-bond donors (Lipinski definition) is 2. The van der Waals surface area contributed by atoms with Crippen LogP contribution in [0.15, 0.2) is 73.2 Å². The molecule has 4 fully saturated rings. The monoisotopic (exact) mass is 761 g/mol. The van der Waals surface area contributed by atoms with E-state index in [2.05, 4.69) is 9.88 Å². The number of methoxy groups -OCH3 is 1. The van der Waals surface area contributed by atoms with E-state index in [0.29, 0.717) is 46.5 Å². The van der Waals surface area contributed by atoms with Crippen molar-refractivity contribution < 1.29 is 38.8 Å². The third-order valence-electron chi connectivity index (χ3n) is 10.7. The third kappa shape index (κ3) is 8.32. The van der Waals surface area contributed by atoms with Crippen molar-refractivity contribution in [1.82, 2.24) is 9.88 Å². The highest BCUT2D eigenvalue weighted by molar-refractivity contribution is 6.35. The SMILES string of the molecule is COc1ccc([C@@H](Cc2c(Cl)c[n+](O)cc2Cl)c2cc(CN(C(=O)O[C@H]3CN4CCC3CC4)c3ccccn3)ccc2C(=O)O)cc1OC1CCCC1. The molecule has 1 amide bonds. The number of aromatic nitrogens is 2. The Hall–Kier alpha value is -4.58. The number of rotatable bonds is 12. The number of carboxylic acids is 1. The number of carboxylic acid groups (broad SMARTS) is 1. The number of aromatic carboxylic acids is 1. The molecule has 8 rings (SSSR count). The van der Waals surface area contributed by atoms with E-state index in [4.69, 9.17) is 37.4 Å². The maximum atomic E-state index is 14.0. The molecule has 1 saturated carbocycles. The molecule has 4 aromatic rings. The Kier molecular flexibility index (Phi) is 11.2. The van der Waals surface area contributed by atoms with Crippen molar-refractivity contribution in [2.24, 2.45) is 5.92 Å². The third-order valence-corrected chi connectivity index (χ3v) is 11.4. The Morgan fingerprint density at radius 2 is 1.75 bits per heavy atom. The van der Waals surface area contributed by atoms with Gasteiger partial charge in [-0.15, -0.1) is 0 Å². The summed E-state index contributed by atoms with van der Waals surface area (Å²) >= 11 is 13.3. The van der Waals surface area contributed by atoms with E-state index in [-0.39, 0.29) is 40.8 Å². The highest BCUT2D eigenvalue weighted by atomic mass is 35.5. The van der Waals surface area contributed by atoms with Crippen LogP contribution in [-0.2, 0) is 17.7 Å². The molecule has 2 aromatic carbocycles. The lowest BCUT2D eigenvalue weighted by molar-refractivity contribution is -0.904. The zero-order valence-electron chi connectivity index (χ0n) is 29.5. The van der Waals surface area contributed by atoms with E-state index < -0.39 is 18.0 Å². The minimum absolute atomic E-state index is 0.0480. The average Bonchev–Trinajstić information content (AvgIpc) is 3.67. The molecule has 11 nitrogen and oxygen atoms in total. The van der Waals surface area contributed by atoms with Crippen LogP contribution in [0.3, 0.4) is 0 Å². The molecule has 13 heteroatoms. The largest absolute Gasteiger partial charge is 0.493 e. The van der Waals surface area contributed by atoms with Gasteiger partial charge in [-0.2, -0.15) is 0 Å². The summed E-state index contributed by atoms with van der Waals surface area (Å²) in [5.74, 6) is 0.143. The Morgan fingerprint density at radius 3 is 2.40 bits per heavy atom. The Labute approximate surface area is 318 Å². The molecule has 2 bridgehead atoms. The molecule has 3 saturated heterocycles. The topological polar surface area (TPSA) is 126 Å². The maximum absolute atomic E-state index is 14.0. The van der Waals surface area contributed by atoms with Crippen molar-refractivity contribution >= 4 is 41.1 Å². The summed E-state index contributed by atoms with van der Waals surface area (Å²) in [6.07, 6.45) is 9.85. The molecule has 2 atom stereocenters. The van der Waals surface area contributed by atoms with Crippen LogP contribution in [0.1, 0.15) is 77.1 Å². The van der Waals surface area contributed by atoms with Gasteiger partial charge in [-0.05, 0) is 111 Å². The zero-order valence-corrected chi connectivity index (χ0v) is 31.0. The Bertz CT molecular complexity index is 1930. The summed E-state index contributed by atoms with van der Waals surface area (Å²) in [5, 5.41) is 21.1. The first-order chi connectivity index (χ1) is 25.7. The number of carbonyl (C=O) groups excluding carboxylic acids is 1. The number of carbonyl (C=O) groups is 2. The number of hydrogen-bond acceptors (Lipinski definition) is 8. The fraction of sp³-hybridized carbons (Fsp3) is 0.400. The fourth-order valence-corrected chi connectivity index (χ4v) is 8.51. The number of ether oxygens (including phenoxy) is 3. The van der Waals surface area contributed by atoms with E-state index in [9.17, 15) is 19.9 Å². The smallest absolute Gasteiger partial charge is 0.416 e. The lowest BCUT2D eigenvalue weighted by Crippen LogP contribution is -2.53. The van der Waals surface area contributed by atoms with Gasteiger partial charge in [-0.1, -0.05) is 47.5 Å². The van der Waals surface area contributed by atoms with Crippen LogP contribution in [0.25, 0.3) is 0 Å². The van der Waals surface area contributed by atoms with Gasteiger partial charge in [0.05, 0.1) is 25.3 Å². The van der Waals surface area contributed by atoms with Gasteiger partial charge in [-0.25, -0.2) is 14.6 Å². The van der Waals surface area contributed by atoms with Crippen molar-refractivity contribution in [2.75, 3.05) is 31.6 Å². The van der Waals surface area contributed by atoms with E-state index in [1.54, 1.807) is 37.6 Å². The van der Waals surface area contributed by atoms with Gasteiger partial charge in [0.1, 0.15) is 22.0 Å².